The highest BCUT2D eigenvalue weighted by Gasteiger charge is 2.17. The van der Waals surface area contributed by atoms with Gasteiger partial charge >= 0.3 is 0 Å². The van der Waals surface area contributed by atoms with Gasteiger partial charge in [0.05, 0.1) is 5.38 Å². The van der Waals surface area contributed by atoms with Crippen LogP contribution in [0.3, 0.4) is 0 Å². The Labute approximate surface area is 120 Å². The van der Waals surface area contributed by atoms with Crippen molar-refractivity contribution in [2.24, 2.45) is 0 Å². The summed E-state index contributed by atoms with van der Waals surface area (Å²) in [5.41, 5.74) is 5.03. The van der Waals surface area contributed by atoms with Gasteiger partial charge in [-0.3, -0.25) is 0 Å². The molecule has 0 aliphatic carbocycles. The maximum atomic E-state index is 6.61. The molecule has 102 valence electrons. The Balaban J connectivity index is 2.39. The molecule has 0 N–H and O–H groups in total. The van der Waals surface area contributed by atoms with Crippen molar-refractivity contribution >= 4 is 11.6 Å². The molecule has 0 spiro atoms. The van der Waals surface area contributed by atoms with E-state index in [-0.39, 0.29) is 5.38 Å². The minimum absolute atomic E-state index is 0.131. The summed E-state index contributed by atoms with van der Waals surface area (Å²) in [6.07, 6.45) is 2.12. The fourth-order valence-electron chi connectivity index (χ4n) is 2.56. The van der Waals surface area contributed by atoms with Gasteiger partial charge in [-0.2, -0.15) is 0 Å². The van der Waals surface area contributed by atoms with Crippen LogP contribution in [-0.4, -0.2) is 0 Å². The molecule has 0 saturated heterocycles. The average Bonchev–Trinajstić information content (AvgIpc) is 2.76. The smallest absolute Gasteiger partial charge is 0.106 e. The molecule has 0 aliphatic heterocycles. The lowest BCUT2D eigenvalue weighted by Crippen LogP contribution is -1.98. The minimum Gasteiger partial charge on any atom is -0.466 e. The maximum absolute atomic E-state index is 6.61. The molecule has 1 aromatic heterocycles. The molecular formula is C17H21ClO. The normalized spacial score (nSPS) is 12.7. The molecule has 2 heteroatoms. The van der Waals surface area contributed by atoms with E-state index in [2.05, 4.69) is 32.0 Å². The van der Waals surface area contributed by atoms with Gasteiger partial charge in [-0.05, 0) is 49.4 Å². The highest BCUT2D eigenvalue weighted by atomic mass is 35.5. The zero-order valence-electron chi connectivity index (χ0n) is 12.1. The molecule has 2 aromatic rings. The summed E-state index contributed by atoms with van der Waals surface area (Å²) in [5, 5.41) is -0.131. The number of halogens is 1. The Bertz CT molecular complexity index is 569. The lowest BCUT2D eigenvalue weighted by molar-refractivity contribution is 0.501. The Morgan fingerprint density at radius 3 is 2.26 bits per heavy atom. The van der Waals surface area contributed by atoms with E-state index >= 15 is 0 Å². The van der Waals surface area contributed by atoms with Crippen LogP contribution in [0.4, 0.5) is 0 Å². The van der Waals surface area contributed by atoms with Crippen molar-refractivity contribution in [3.63, 3.8) is 0 Å². The minimum atomic E-state index is -0.131. The van der Waals surface area contributed by atoms with E-state index in [0.29, 0.717) is 0 Å². The zero-order chi connectivity index (χ0) is 14.0. The summed E-state index contributed by atoms with van der Waals surface area (Å²) in [6.45, 7) is 8.31. The van der Waals surface area contributed by atoms with Crippen molar-refractivity contribution in [3.8, 4) is 0 Å². The monoisotopic (exact) mass is 276 g/mol. The van der Waals surface area contributed by atoms with Crippen LogP contribution >= 0.6 is 11.6 Å². The Hall–Kier alpha value is -1.21. The third-order valence-corrected chi connectivity index (χ3v) is 4.12. The van der Waals surface area contributed by atoms with Gasteiger partial charge in [0, 0.05) is 5.56 Å². The second-order valence-electron chi connectivity index (χ2n) is 4.97. The van der Waals surface area contributed by atoms with Crippen LogP contribution < -0.4 is 0 Å². The molecule has 1 nitrogen and oxygen atoms in total. The summed E-state index contributed by atoms with van der Waals surface area (Å²) in [6, 6.07) is 8.61. The molecule has 0 saturated carbocycles. The summed E-state index contributed by atoms with van der Waals surface area (Å²) in [5.74, 6) is 1.83. The standard InChI is InChI=1S/C17H21ClO/c1-5-13-7-8-15(10-14(13)6-2)17(18)16-9-11(3)19-12(16)4/h7-10,17H,5-6H2,1-4H3. The van der Waals surface area contributed by atoms with Crippen LogP contribution in [0.5, 0.6) is 0 Å². The average molecular weight is 277 g/mol. The first-order chi connectivity index (χ1) is 9.06. The zero-order valence-corrected chi connectivity index (χ0v) is 12.8. The highest BCUT2D eigenvalue weighted by Crippen LogP contribution is 2.33. The van der Waals surface area contributed by atoms with Crippen LogP contribution in [-0.2, 0) is 12.8 Å². The summed E-state index contributed by atoms with van der Waals surface area (Å²) >= 11 is 6.61. The highest BCUT2D eigenvalue weighted by molar-refractivity contribution is 6.22. The molecule has 0 bridgehead atoms. The third kappa shape index (κ3) is 2.87. The maximum Gasteiger partial charge on any atom is 0.106 e. The van der Waals surface area contributed by atoms with E-state index < -0.39 is 0 Å². The number of hydrogen-bond donors (Lipinski definition) is 0. The molecular weight excluding hydrogens is 256 g/mol. The molecule has 19 heavy (non-hydrogen) atoms. The van der Waals surface area contributed by atoms with E-state index in [1.54, 1.807) is 0 Å². The molecule has 1 atom stereocenters. The molecule has 0 amide bonds. The number of benzene rings is 1. The number of rotatable bonds is 4. The van der Waals surface area contributed by atoms with Crippen molar-refractivity contribution < 1.29 is 4.42 Å². The Kier molecular flexibility index (Phi) is 4.36. The van der Waals surface area contributed by atoms with Crippen LogP contribution in [0.2, 0.25) is 0 Å². The van der Waals surface area contributed by atoms with Gasteiger partial charge in [-0.15, -0.1) is 11.6 Å². The predicted octanol–water partition coefficient (Wildman–Crippen LogP) is 5.35. The van der Waals surface area contributed by atoms with Crippen LogP contribution in [0.15, 0.2) is 28.7 Å². The van der Waals surface area contributed by atoms with Crippen molar-refractivity contribution in [3.05, 3.63) is 58.0 Å². The lowest BCUT2D eigenvalue weighted by Gasteiger charge is -2.13. The van der Waals surface area contributed by atoms with Crippen LogP contribution in [0.25, 0.3) is 0 Å². The lowest BCUT2D eigenvalue weighted by atomic mass is 9.96. The van der Waals surface area contributed by atoms with Crippen LogP contribution in [0, 0.1) is 13.8 Å². The number of alkyl halides is 1. The Morgan fingerprint density at radius 1 is 1.05 bits per heavy atom. The third-order valence-electron chi connectivity index (χ3n) is 3.64. The first kappa shape index (κ1) is 14.2. The van der Waals surface area contributed by atoms with Gasteiger partial charge in [-0.1, -0.05) is 32.0 Å². The van der Waals surface area contributed by atoms with Crippen LogP contribution in [0.1, 0.15) is 53.0 Å². The fourth-order valence-corrected chi connectivity index (χ4v) is 2.91. The van der Waals surface area contributed by atoms with Gasteiger partial charge in [-0.25, -0.2) is 0 Å². The van der Waals surface area contributed by atoms with Crippen molar-refractivity contribution in [2.75, 3.05) is 0 Å². The first-order valence-corrected chi connectivity index (χ1v) is 7.33. The van der Waals surface area contributed by atoms with E-state index in [4.69, 9.17) is 16.0 Å². The Morgan fingerprint density at radius 2 is 1.74 bits per heavy atom. The predicted molar refractivity (Wildman–Crippen MR) is 81.1 cm³/mol. The molecule has 2 rings (SSSR count). The van der Waals surface area contributed by atoms with Gasteiger partial charge in [0.25, 0.3) is 0 Å². The molecule has 1 heterocycles. The number of aryl methyl sites for hydroxylation is 4. The van der Waals surface area contributed by atoms with Crippen molar-refractivity contribution in [2.45, 2.75) is 45.9 Å². The SMILES string of the molecule is CCc1ccc(C(Cl)c2cc(C)oc2C)cc1CC. The van der Waals surface area contributed by atoms with Crippen molar-refractivity contribution in [1.82, 2.24) is 0 Å². The van der Waals surface area contributed by atoms with E-state index in [0.717, 1.165) is 35.5 Å². The van der Waals surface area contributed by atoms with E-state index in [1.165, 1.54) is 11.1 Å². The summed E-state index contributed by atoms with van der Waals surface area (Å²) in [7, 11) is 0. The summed E-state index contributed by atoms with van der Waals surface area (Å²) < 4.78 is 5.57. The van der Waals surface area contributed by atoms with E-state index in [1.807, 2.05) is 19.9 Å². The number of furan rings is 1. The van der Waals surface area contributed by atoms with Gasteiger partial charge < -0.3 is 4.42 Å². The molecule has 0 aliphatic rings. The topological polar surface area (TPSA) is 13.1 Å². The van der Waals surface area contributed by atoms with E-state index in [9.17, 15) is 0 Å². The molecule has 0 fully saturated rings. The van der Waals surface area contributed by atoms with Gasteiger partial charge in [0.1, 0.15) is 11.5 Å². The molecule has 0 radical (unpaired) electrons. The molecule has 1 unspecified atom stereocenters. The largest absolute Gasteiger partial charge is 0.466 e. The van der Waals surface area contributed by atoms with Gasteiger partial charge in [0.15, 0.2) is 0 Å². The second kappa shape index (κ2) is 5.83. The quantitative estimate of drug-likeness (QED) is 0.686. The number of hydrogen-bond acceptors (Lipinski definition) is 1. The van der Waals surface area contributed by atoms with Crippen molar-refractivity contribution in [1.29, 1.82) is 0 Å². The fraction of sp³-hybridized carbons (Fsp3) is 0.412. The second-order valence-corrected chi connectivity index (χ2v) is 5.40. The molecule has 1 aromatic carbocycles. The first-order valence-electron chi connectivity index (χ1n) is 6.89. The summed E-state index contributed by atoms with van der Waals surface area (Å²) in [4.78, 5) is 0. The van der Waals surface area contributed by atoms with Gasteiger partial charge in [0.2, 0.25) is 0 Å².